The first kappa shape index (κ1) is 16.8. The van der Waals surface area contributed by atoms with Gasteiger partial charge in [-0.1, -0.05) is 24.3 Å². The van der Waals surface area contributed by atoms with Crippen LogP contribution in [0.3, 0.4) is 0 Å². The molecule has 0 spiro atoms. The zero-order valence-electron chi connectivity index (χ0n) is 13.1. The fourth-order valence-corrected chi connectivity index (χ4v) is 4.28. The Morgan fingerprint density at radius 2 is 1.45 bits per heavy atom. The first-order chi connectivity index (χ1) is 10.2. The van der Waals surface area contributed by atoms with Gasteiger partial charge < -0.3 is 19.3 Å². The van der Waals surface area contributed by atoms with E-state index in [9.17, 15) is 14.8 Å². The molecule has 2 rings (SSSR count). The van der Waals surface area contributed by atoms with Gasteiger partial charge in [-0.2, -0.15) is 0 Å². The quantitative estimate of drug-likeness (QED) is 0.644. The zero-order chi connectivity index (χ0) is 16.5. The molecule has 0 saturated heterocycles. The van der Waals surface area contributed by atoms with Crippen molar-refractivity contribution in [2.24, 2.45) is 0 Å². The molecule has 5 nitrogen and oxygen atoms in total. The summed E-state index contributed by atoms with van der Waals surface area (Å²) in [5.74, 6) is -0.277. The summed E-state index contributed by atoms with van der Waals surface area (Å²) in [4.78, 5) is 0. The fourth-order valence-electron chi connectivity index (χ4n) is 2.23. The van der Waals surface area contributed by atoms with Crippen LogP contribution in [-0.4, -0.2) is 22.4 Å². The predicted octanol–water partition coefficient (Wildman–Crippen LogP) is 3.92. The Labute approximate surface area is 130 Å². The average Bonchev–Trinajstić information content (AvgIpc) is 2.41. The van der Waals surface area contributed by atoms with Crippen LogP contribution in [-0.2, 0) is 13.6 Å². The van der Waals surface area contributed by atoms with Crippen LogP contribution in [0.15, 0.2) is 30.3 Å². The molecule has 0 aromatic heterocycles. The van der Waals surface area contributed by atoms with Gasteiger partial charge in [-0.05, 0) is 33.8 Å². The van der Waals surface area contributed by atoms with Crippen molar-refractivity contribution in [2.45, 2.75) is 39.9 Å². The van der Waals surface area contributed by atoms with Gasteiger partial charge in [-0.3, -0.25) is 4.57 Å². The van der Waals surface area contributed by atoms with Crippen LogP contribution < -0.4 is 5.30 Å². The third kappa shape index (κ3) is 3.27. The number of rotatable bonds is 5. The van der Waals surface area contributed by atoms with E-state index in [1.807, 2.05) is 0 Å². The normalized spacial score (nSPS) is 12.5. The van der Waals surface area contributed by atoms with Crippen molar-refractivity contribution in [3.8, 4) is 11.5 Å². The maximum Gasteiger partial charge on any atom is 0.365 e. The van der Waals surface area contributed by atoms with Crippen molar-refractivity contribution in [3.63, 3.8) is 0 Å². The van der Waals surface area contributed by atoms with Crippen molar-refractivity contribution < 1.29 is 23.8 Å². The van der Waals surface area contributed by atoms with Gasteiger partial charge in [0.15, 0.2) is 0 Å². The SMILES string of the molecule is CC(C)OP(=O)(OC(C)C)c1cc(O)c2ccccc2c1O. The molecule has 0 atom stereocenters. The average molecular weight is 324 g/mol. The summed E-state index contributed by atoms with van der Waals surface area (Å²) < 4.78 is 24.1. The summed E-state index contributed by atoms with van der Waals surface area (Å²) in [6, 6.07) is 8.04. The smallest absolute Gasteiger partial charge is 0.365 e. The number of aromatic hydroxyl groups is 2. The van der Waals surface area contributed by atoms with E-state index in [1.165, 1.54) is 6.07 Å². The van der Waals surface area contributed by atoms with Crippen molar-refractivity contribution in [3.05, 3.63) is 30.3 Å². The first-order valence-corrected chi connectivity index (χ1v) is 8.70. The van der Waals surface area contributed by atoms with Crippen LogP contribution in [0.25, 0.3) is 10.8 Å². The van der Waals surface area contributed by atoms with E-state index in [1.54, 1.807) is 52.0 Å². The topological polar surface area (TPSA) is 76.0 Å². The second kappa shape index (κ2) is 6.29. The molecule has 0 aliphatic rings. The Bertz CT molecular complexity index is 710. The Morgan fingerprint density at radius 3 is 1.95 bits per heavy atom. The molecule has 0 aliphatic heterocycles. The van der Waals surface area contributed by atoms with Gasteiger partial charge >= 0.3 is 7.60 Å². The summed E-state index contributed by atoms with van der Waals surface area (Å²) >= 11 is 0. The molecule has 6 heteroatoms. The molecule has 0 heterocycles. The Hall–Kier alpha value is -1.55. The van der Waals surface area contributed by atoms with Gasteiger partial charge in [-0.25, -0.2) is 0 Å². The second-order valence-electron chi connectivity index (χ2n) is 5.61. The van der Waals surface area contributed by atoms with E-state index in [0.29, 0.717) is 10.8 Å². The zero-order valence-corrected chi connectivity index (χ0v) is 14.0. The predicted molar refractivity (Wildman–Crippen MR) is 87.0 cm³/mol. The highest BCUT2D eigenvalue weighted by Gasteiger charge is 2.34. The highest BCUT2D eigenvalue weighted by atomic mass is 31.2. The van der Waals surface area contributed by atoms with Crippen LogP contribution in [0, 0.1) is 0 Å². The Kier molecular flexibility index (Phi) is 4.81. The molecule has 2 aromatic carbocycles. The van der Waals surface area contributed by atoms with E-state index in [2.05, 4.69) is 0 Å². The summed E-state index contributed by atoms with van der Waals surface area (Å²) in [6.07, 6.45) is -0.727. The highest BCUT2D eigenvalue weighted by Crippen LogP contribution is 2.53. The van der Waals surface area contributed by atoms with Gasteiger partial charge in [0.25, 0.3) is 0 Å². The van der Waals surface area contributed by atoms with Gasteiger partial charge in [0, 0.05) is 10.8 Å². The number of fused-ring (bicyclic) bond motifs is 1. The van der Waals surface area contributed by atoms with E-state index in [0.717, 1.165) is 0 Å². The number of hydrogen-bond donors (Lipinski definition) is 2. The molecular formula is C16H21O5P. The number of phenolic OH excluding ortho intramolecular Hbond substituents is 2. The lowest BCUT2D eigenvalue weighted by Gasteiger charge is -2.24. The van der Waals surface area contributed by atoms with Gasteiger partial charge in [0.2, 0.25) is 0 Å². The van der Waals surface area contributed by atoms with E-state index >= 15 is 0 Å². The third-order valence-corrected chi connectivity index (χ3v) is 5.30. The molecule has 0 unspecified atom stereocenters. The summed E-state index contributed by atoms with van der Waals surface area (Å²) in [6.45, 7) is 6.92. The van der Waals surface area contributed by atoms with Crippen LogP contribution in [0.4, 0.5) is 0 Å². The van der Waals surface area contributed by atoms with E-state index in [-0.39, 0.29) is 29.0 Å². The Balaban J connectivity index is 2.69. The van der Waals surface area contributed by atoms with Crippen LogP contribution in [0.5, 0.6) is 11.5 Å². The van der Waals surface area contributed by atoms with Crippen molar-refractivity contribution in [1.82, 2.24) is 0 Å². The summed E-state index contributed by atoms with van der Waals surface area (Å²) in [7, 11) is -3.76. The largest absolute Gasteiger partial charge is 0.507 e. The monoisotopic (exact) mass is 324 g/mol. The molecule has 22 heavy (non-hydrogen) atoms. The molecule has 2 N–H and O–H groups in total. The second-order valence-corrected chi connectivity index (χ2v) is 7.51. The highest BCUT2D eigenvalue weighted by molar-refractivity contribution is 7.62. The maximum atomic E-state index is 13.1. The number of phenols is 2. The standard InChI is InChI=1S/C16H21O5P/c1-10(2)20-22(19,21-11(3)4)15-9-14(17)12-7-5-6-8-13(12)16(15)18/h5-11,17-18H,1-4H3. The van der Waals surface area contributed by atoms with E-state index in [4.69, 9.17) is 9.05 Å². The van der Waals surface area contributed by atoms with Crippen molar-refractivity contribution in [2.75, 3.05) is 0 Å². The van der Waals surface area contributed by atoms with Crippen LogP contribution >= 0.6 is 7.60 Å². The molecule has 0 radical (unpaired) electrons. The van der Waals surface area contributed by atoms with Crippen molar-refractivity contribution >= 4 is 23.7 Å². The molecule has 0 bridgehead atoms. The summed E-state index contributed by atoms with van der Waals surface area (Å²) in [5.41, 5.74) is 0. The number of hydrogen-bond acceptors (Lipinski definition) is 5. The lowest BCUT2D eigenvalue weighted by molar-refractivity contribution is 0.150. The number of benzene rings is 2. The fraction of sp³-hybridized carbons (Fsp3) is 0.375. The molecule has 2 aromatic rings. The van der Waals surface area contributed by atoms with E-state index < -0.39 is 7.60 Å². The molecule has 0 aliphatic carbocycles. The first-order valence-electron chi connectivity index (χ1n) is 7.15. The third-order valence-electron chi connectivity index (χ3n) is 2.97. The molecule has 0 saturated carbocycles. The molecule has 0 amide bonds. The lowest BCUT2D eigenvalue weighted by Crippen LogP contribution is -2.17. The lowest BCUT2D eigenvalue weighted by atomic mass is 10.1. The Morgan fingerprint density at radius 1 is 0.955 bits per heavy atom. The van der Waals surface area contributed by atoms with Crippen LogP contribution in [0.1, 0.15) is 27.7 Å². The van der Waals surface area contributed by atoms with Gasteiger partial charge in [0.1, 0.15) is 16.8 Å². The van der Waals surface area contributed by atoms with Crippen molar-refractivity contribution in [1.29, 1.82) is 0 Å². The molecule has 0 fully saturated rings. The maximum absolute atomic E-state index is 13.1. The molecule has 120 valence electrons. The minimum atomic E-state index is -3.76. The van der Waals surface area contributed by atoms with Gasteiger partial charge in [0.05, 0.1) is 12.2 Å². The minimum Gasteiger partial charge on any atom is -0.507 e. The molecular weight excluding hydrogens is 303 g/mol. The van der Waals surface area contributed by atoms with Gasteiger partial charge in [-0.15, -0.1) is 0 Å². The minimum absolute atomic E-state index is 0.0221. The summed E-state index contributed by atoms with van der Waals surface area (Å²) in [5, 5.41) is 21.5. The van der Waals surface area contributed by atoms with Crippen LogP contribution in [0.2, 0.25) is 0 Å².